The van der Waals surface area contributed by atoms with Crippen LogP contribution in [0.5, 0.6) is 5.75 Å². The van der Waals surface area contributed by atoms with E-state index in [9.17, 15) is 5.11 Å². The monoisotopic (exact) mass is 324 g/mol. The van der Waals surface area contributed by atoms with E-state index in [0.717, 1.165) is 42.1 Å². The van der Waals surface area contributed by atoms with Gasteiger partial charge in [-0.15, -0.1) is 0 Å². The van der Waals surface area contributed by atoms with E-state index < -0.39 is 0 Å². The first kappa shape index (κ1) is 13.4. The molecule has 0 aromatic heterocycles. The second-order valence-corrected chi connectivity index (χ2v) is 6.60. The molecule has 1 atom stereocenters. The van der Waals surface area contributed by atoms with Crippen molar-refractivity contribution in [3.05, 3.63) is 28.2 Å². The molecule has 0 amide bonds. The molecule has 1 aromatic rings. The highest BCUT2D eigenvalue weighted by Gasteiger charge is 2.31. The largest absolute Gasteiger partial charge is 0.508 e. The number of nitrogens with zero attached hydrogens (tertiary/aromatic N) is 1. The van der Waals surface area contributed by atoms with E-state index >= 15 is 0 Å². The van der Waals surface area contributed by atoms with Crippen LogP contribution in [0.1, 0.15) is 30.9 Å². The van der Waals surface area contributed by atoms with E-state index in [1.807, 2.05) is 12.1 Å². The Kier molecular flexibility index (Phi) is 4.10. The van der Waals surface area contributed by atoms with Gasteiger partial charge in [-0.1, -0.05) is 34.8 Å². The number of hydrogen-bond acceptors (Lipinski definition) is 3. The van der Waals surface area contributed by atoms with Crippen LogP contribution < -0.4 is 5.32 Å². The number of piperazine rings is 1. The molecule has 1 heterocycles. The van der Waals surface area contributed by atoms with Crippen molar-refractivity contribution in [3.63, 3.8) is 0 Å². The summed E-state index contributed by atoms with van der Waals surface area (Å²) in [6.07, 6.45) is 3.91. The number of phenolic OH excluding ortho intramolecular Hbond substituents is 1. The minimum absolute atomic E-state index is 0.377. The van der Waals surface area contributed by atoms with Crippen LogP contribution in [0.4, 0.5) is 0 Å². The molecule has 0 bridgehead atoms. The molecule has 1 aliphatic carbocycles. The molecule has 0 spiro atoms. The fourth-order valence-electron chi connectivity index (χ4n) is 2.93. The highest BCUT2D eigenvalue weighted by Crippen LogP contribution is 2.42. The molecule has 4 heteroatoms. The van der Waals surface area contributed by atoms with Gasteiger partial charge in [-0.2, -0.15) is 0 Å². The lowest BCUT2D eigenvalue weighted by molar-refractivity contribution is 0.158. The smallest absolute Gasteiger partial charge is 0.121 e. The zero-order valence-electron chi connectivity index (χ0n) is 11.1. The number of aromatic hydroxyl groups is 1. The van der Waals surface area contributed by atoms with Crippen LogP contribution in [-0.2, 0) is 0 Å². The quantitative estimate of drug-likeness (QED) is 0.893. The Morgan fingerprint density at radius 2 is 2.05 bits per heavy atom. The maximum absolute atomic E-state index is 10.3. The number of hydrogen-bond donors (Lipinski definition) is 2. The molecule has 2 N–H and O–H groups in total. The molecule has 3 rings (SSSR count). The number of halogens is 1. The van der Waals surface area contributed by atoms with Gasteiger partial charge in [0.05, 0.1) is 0 Å². The topological polar surface area (TPSA) is 35.5 Å². The lowest BCUT2D eigenvalue weighted by Crippen LogP contribution is -2.45. The van der Waals surface area contributed by atoms with Crippen LogP contribution in [0.2, 0.25) is 0 Å². The SMILES string of the molecule is Oc1cc(Br)ccc1[C@H](CC1CC1)N1CCNCC1. The average Bonchev–Trinajstić information content (AvgIpc) is 3.22. The molecule has 0 radical (unpaired) electrons. The van der Waals surface area contributed by atoms with Crippen LogP contribution in [-0.4, -0.2) is 36.2 Å². The normalized spacial score (nSPS) is 22.4. The fraction of sp³-hybridized carbons (Fsp3) is 0.600. The second-order valence-electron chi connectivity index (χ2n) is 5.68. The van der Waals surface area contributed by atoms with E-state index in [-0.39, 0.29) is 0 Å². The number of phenols is 1. The van der Waals surface area contributed by atoms with Gasteiger partial charge < -0.3 is 10.4 Å². The van der Waals surface area contributed by atoms with Crippen molar-refractivity contribution < 1.29 is 5.11 Å². The first-order chi connectivity index (χ1) is 9.24. The van der Waals surface area contributed by atoms with Gasteiger partial charge in [-0.3, -0.25) is 4.90 Å². The molecular formula is C15H21BrN2O. The summed E-state index contributed by atoms with van der Waals surface area (Å²) in [6.45, 7) is 4.26. The first-order valence-electron chi connectivity index (χ1n) is 7.17. The third-order valence-corrected chi connectivity index (χ3v) is 4.69. The summed E-state index contributed by atoms with van der Waals surface area (Å²) < 4.78 is 0.944. The van der Waals surface area contributed by atoms with Crippen molar-refractivity contribution in [2.75, 3.05) is 26.2 Å². The second kappa shape index (κ2) is 5.81. The third kappa shape index (κ3) is 3.30. The zero-order valence-corrected chi connectivity index (χ0v) is 12.7. The molecule has 19 heavy (non-hydrogen) atoms. The first-order valence-corrected chi connectivity index (χ1v) is 7.96. The minimum Gasteiger partial charge on any atom is -0.508 e. The van der Waals surface area contributed by atoms with Crippen molar-refractivity contribution in [1.29, 1.82) is 0 Å². The maximum Gasteiger partial charge on any atom is 0.121 e. The lowest BCUT2D eigenvalue weighted by Gasteiger charge is -2.35. The van der Waals surface area contributed by atoms with Gasteiger partial charge in [-0.05, 0) is 24.5 Å². The Morgan fingerprint density at radius 1 is 1.32 bits per heavy atom. The fourth-order valence-corrected chi connectivity index (χ4v) is 3.28. The summed E-state index contributed by atoms with van der Waals surface area (Å²) in [6, 6.07) is 6.31. The maximum atomic E-state index is 10.3. The predicted octanol–water partition coefficient (Wildman–Crippen LogP) is 2.90. The van der Waals surface area contributed by atoms with Crippen LogP contribution in [0.25, 0.3) is 0 Å². The average molecular weight is 325 g/mol. The summed E-state index contributed by atoms with van der Waals surface area (Å²) in [5, 5.41) is 13.7. The summed E-state index contributed by atoms with van der Waals surface area (Å²) in [5.41, 5.74) is 1.09. The van der Waals surface area contributed by atoms with Gasteiger partial charge in [0.2, 0.25) is 0 Å². The van der Waals surface area contributed by atoms with Gasteiger partial charge in [0.15, 0.2) is 0 Å². The molecule has 1 saturated heterocycles. The summed E-state index contributed by atoms with van der Waals surface area (Å²) in [4.78, 5) is 2.53. The predicted molar refractivity (Wildman–Crippen MR) is 80.3 cm³/mol. The van der Waals surface area contributed by atoms with E-state index in [2.05, 4.69) is 32.2 Å². The molecule has 2 fully saturated rings. The Hall–Kier alpha value is -0.580. The Morgan fingerprint density at radius 3 is 2.68 bits per heavy atom. The molecule has 3 nitrogen and oxygen atoms in total. The van der Waals surface area contributed by atoms with Crippen molar-refractivity contribution in [3.8, 4) is 5.75 Å². The van der Waals surface area contributed by atoms with Gasteiger partial charge in [0.25, 0.3) is 0 Å². The van der Waals surface area contributed by atoms with Crippen LogP contribution in [0.15, 0.2) is 22.7 Å². The Balaban J connectivity index is 1.83. The minimum atomic E-state index is 0.377. The summed E-state index contributed by atoms with van der Waals surface area (Å²) >= 11 is 3.42. The molecular weight excluding hydrogens is 304 g/mol. The molecule has 0 unspecified atom stereocenters. The van der Waals surface area contributed by atoms with Crippen molar-refractivity contribution in [2.24, 2.45) is 5.92 Å². The van der Waals surface area contributed by atoms with E-state index in [1.165, 1.54) is 19.3 Å². The van der Waals surface area contributed by atoms with Crippen LogP contribution in [0.3, 0.4) is 0 Å². The van der Waals surface area contributed by atoms with Gasteiger partial charge in [0, 0.05) is 42.3 Å². The summed E-state index contributed by atoms with van der Waals surface area (Å²) in [7, 11) is 0. The highest BCUT2D eigenvalue weighted by molar-refractivity contribution is 9.10. The van der Waals surface area contributed by atoms with E-state index in [4.69, 9.17) is 0 Å². The van der Waals surface area contributed by atoms with Crippen LogP contribution in [0, 0.1) is 5.92 Å². The number of benzene rings is 1. The molecule has 104 valence electrons. The van der Waals surface area contributed by atoms with Crippen molar-refractivity contribution in [1.82, 2.24) is 10.2 Å². The lowest BCUT2D eigenvalue weighted by atomic mass is 9.98. The van der Waals surface area contributed by atoms with Gasteiger partial charge in [-0.25, -0.2) is 0 Å². The third-order valence-electron chi connectivity index (χ3n) is 4.20. The number of rotatable bonds is 4. The Labute approximate surface area is 123 Å². The van der Waals surface area contributed by atoms with E-state index in [0.29, 0.717) is 11.8 Å². The van der Waals surface area contributed by atoms with Gasteiger partial charge >= 0.3 is 0 Å². The summed E-state index contributed by atoms with van der Waals surface area (Å²) in [5.74, 6) is 1.29. The zero-order chi connectivity index (χ0) is 13.2. The Bertz CT molecular complexity index is 442. The molecule has 1 aliphatic heterocycles. The molecule has 1 saturated carbocycles. The van der Waals surface area contributed by atoms with Crippen molar-refractivity contribution >= 4 is 15.9 Å². The highest BCUT2D eigenvalue weighted by atomic mass is 79.9. The van der Waals surface area contributed by atoms with Gasteiger partial charge in [0.1, 0.15) is 5.75 Å². The van der Waals surface area contributed by atoms with Crippen LogP contribution >= 0.6 is 15.9 Å². The standard InChI is InChI=1S/C15H21BrN2O/c16-12-3-4-13(15(19)10-12)14(9-11-1-2-11)18-7-5-17-6-8-18/h3-4,10-11,14,17,19H,1-2,5-9H2/t14-/m0/s1. The van der Waals surface area contributed by atoms with Crippen molar-refractivity contribution in [2.45, 2.75) is 25.3 Å². The molecule has 1 aromatic carbocycles. The molecule has 2 aliphatic rings. The number of nitrogens with one attached hydrogen (secondary N) is 1. The van der Waals surface area contributed by atoms with E-state index in [1.54, 1.807) is 0 Å².